The minimum absolute atomic E-state index is 0.310. The molecule has 98 valence electrons. The van der Waals surface area contributed by atoms with E-state index >= 15 is 0 Å². The highest BCUT2D eigenvalue weighted by Gasteiger charge is 1.97. The minimum atomic E-state index is 0.310. The Kier molecular flexibility index (Phi) is 59.9. The molecule has 3 N–H and O–H groups in total. The molecule has 2 heteroatoms. The number of rotatable bonds is 5. The van der Waals surface area contributed by atoms with E-state index in [1.165, 1.54) is 0 Å². The molecule has 0 aliphatic heterocycles. The lowest BCUT2D eigenvalue weighted by Gasteiger charge is -2.04. The molecule has 15 heavy (non-hydrogen) atoms. The van der Waals surface area contributed by atoms with Crippen molar-refractivity contribution in [2.45, 2.75) is 67.7 Å². The van der Waals surface area contributed by atoms with Crippen LogP contribution in [0.4, 0.5) is 0 Å². The van der Waals surface area contributed by atoms with Gasteiger partial charge >= 0.3 is 0 Å². The molecule has 2 nitrogen and oxygen atoms in total. The number of aliphatic hydroxyl groups is 1. The summed E-state index contributed by atoms with van der Waals surface area (Å²) in [4.78, 5) is 0. The van der Waals surface area contributed by atoms with Crippen molar-refractivity contribution in [3.05, 3.63) is 0 Å². The Labute approximate surface area is 98.3 Å². The summed E-state index contributed by atoms with van der Waals surface area (Å²) in [6.45, 7) is 15.1. The fourth-order valence-corrected chi connectivity index (χ4v) is 0.728. The lowest BCUT2D eigenvalue weighted by atomic mass is 10.1. The maximum Gasteiger partial charge on any atom is 0.0456 e. The number of unbranched alkanes of at least 4 members (excludes halogenated alkanes) is 1. The third-order valence-electron chi connectivity index (χ3n) is 1.46. The lowest BCUT2D eigenvalue weighted by Crippen LogP contribution is -2.03. The first kappa shape index (κ1) is 24.2. The average molecular weight is 221 g/mol. The molecule has 0 rings (SSSR count). The maximum atomic E-state index is 8.60. The minimum Gasteiger partial charge on any atom is -0.396 e. The monoisotopic (exact) mass is 221 g/mol. The van der Waals surface area contributed by atoms with Crippen molar-refractivity contribution in [1.29, 1.82) is 0 Å². The molecule has 0 saturated carbocycles. The summed E-state index contributed by atoms with van der Waals surface area (Å²) in [6.07, 6.45) is 3.34. The van der Waals surface area contributed by atoms with Crippen LogP contribution in [0, 0.1) is 5.92 Å². The average Bonchev–Trinajstić information content (AvgIpc) is 2.36. The summed E-state index contributed by atoms with van der Waals surface area (Å²) >= 11 is 0. The lowest BCUT2D eigenvalue weighted by molar-refractivity contribution is 0.228. The van der Waals surface area contributed by atoms with Crippen LogP contribution in [-0.2, 0) is 0 Å². The van der Waals surface area contributed by atoms with Crippen LogP contribution in [-0.4, -0.2) is 18.3 Å². The Hall–Kier alpha value is -0.0800. The molecule has 0 aromatic carbocycles. The van der Waals surface area contributed by atoms with Gasteiger partial charge in [-0.2, -0.15) is 0 Å². The van der Waals surface area contributed by atoms with Crippen molar-refractivity contribution in [3.8, 4) is 0 Å². The number of hydrogen-bond acceptors (Lipinski definition) is 2. The molecular formula is C13H35NO. The van der Waals surface area contributed by atoms with E-state index in [2.05, 4.69) is 6.92 Å². The Morgan fingerprint density at radius 3 is 1.60 bits per heavy atom. The van der Waals surface area contributed by atoms with Crippen molar-refractivity contribution >= 4 is 0 Å². The van der Waals surface area contributed by atoms with Crippen LogP contribution in [0.1, 0.15) is 67.7 Å². The van der Waals surface area contributed by atoms with E-state index in [4.69, 9.17) is 10.8 Å². The summed E-state index contributed by atoms with van der Waals surface area (Å²) in [5.41, 5.74) is 5.29. The van der Waals surface area contributed by atoms with Gasteiger partial charge in [-0.25, -0.2) is 0 Å². The van der Waals surface area contributed by atoms with Gasteiger partial charge in [-0.3, -0.25) is 0 Å². The van der Waals surface area contributed by atoms with Gasteiger partial charge in [0.2, 0.25) is 0 Å². The molecule has 0 radical (unpaired) electrons. The first-order valence-electron chi connectivity index (χ1n) is 6.62. The zero-order chi connectivity index (χ0) is 13.1. The Morgan fingerprint density at radius 2 is 1.33 bits per heavy atom. The highest BCUT2D eigenvalue weighted by molar-refractivity contribution is 4.50. The summed E-state index contributed by atoms with van der Waals surface area (Å²) in [7, 11) is 0. The van der Waals surface area contributed by atoms with Crippen LogP contribution >= 0.6 is 0 Å². The largest absolute Gasteiger partial charge is 0.396 e. The summed E-state index contributed by atoms with van der Waals surface area (Å²) in [5.74, 6) is 0.455. The van der Waals surface area contributed by atoms with Crippen molar-refractivity contribution in [2.24, 2.45) is 11.7 Å². The summed E-state index contributed by atoms with van der Waals surface area (Å²) < 4.78 is 0. The predicted octanol–water partition coefficient (Wildman–Crippen LogP) is 3.82. The van der Waals surface area contributed by atoms with Gasteiger partial charge in [0.1, 0.15) is 0 Å². The summed E-state index contributed by atoms with van der Waals surface area (Å²) in [6, 6.07) is 0. The zero-order valence-corrected chi connectivity index (χ0v) is 12.1. The third-order valence-corrected chi connectivity index (χ3v) is 1.46. The van der Waals surface area contributed by atoms with Crippen LogP contribution in [0.15, 0.2) is 0 Å². The van der Waals surface area contributed by atoms with E-state index in [1.54, 1.807) is 0 Å². The molecule has 0 heterocycles. The van der Waals surface area contributed by atoms with E-state index in [0.717, 1.165) is 25.8 Å². The molecule has 0 saturated heterocycles. The zero-order valence-electron chi connectivity index (χ0n) is 12.1. The smallest absolute Gasteiger partial charge is 0.0456 e. The van der Waals surface area contributed by atoms with Gasteiger partial charge in [0.05, 0.1) is 0 Å². The molecule has 0 aromatic heterocycles. The molecule has 0 aliphatic carbocycles. The SMILES string of the molecule is CC.CC.CC.CC(CO)CCCCN. The van der Waals surface area contributed by atoms with Crippen LogP contribution in [0.2, 0.25) is 0 Å². The van der Waals surface area contributed by atoms with E-state index in [0.29, 0.717) is 12.5 Å². The second kappa shape index (κ2) is 37.0. The molecule has 0 fully saturated rings. The van der Waals surface area contributed by atoms with E-state index in [-0.39, 0.29) is 0 Å². The van der Waals surface area contributed by atoms with Gasteiger partial charge in [0.25, 0.3) is 0 Å². The van der Waals surface area contributed by atoms with Gasteiger partial charge in [-0.1, -0.05) is 54.9 Å². The van der Waals surface area contributed by atoms with Crippen LogP contribution in [0.5, 0.6) is 0 Å². The predicted molar refractivity (Wildman–Crippen MR) is 73.2 cm³/mol. The molecule has 0 aliphatic rings. The van der Waals surface area contributed by atoms with E-state index in [1.807, 2.05) is 41.5 Å². The summed E-state index contributed by atoms with van der Waals surface area (Å²) in [5, 5.41) is 8.60. The number of aliphatic hydroxyl groups excluding tert-OH is 1. The fourth-order valence-electron chi connectivity index (χ4n) is 0.728. The third kappa shape index (κ3) is 41.3. The molecule has 0 amide bonds. The highest BCUT2D eigenvalue weighted by atomic mass is 16.3. The molecular weight excluding hydrogens is 186 g/mol. The molecule has 0 bridgehead atoms. The van der Waals surface area contributed by atoms with Gasteiger partial charge < -0.3 is 10.8 Å². The number of nitrogens with two attached hydrogens (primary N) is 1. The van der Waals surface area contributed by atoms with Crippen LogP contribution in [0.3, 0.4) is 0 Å². The second-order valence-corrected chi connectivity index (χ2v) is 2.57. The standard InChI is InChI=1S/C7H17NO.3C2H6/c1-7(6-9)4-2-3-5-8;3*1-2/h7,9H,2-6,8H2,1H3;3*1-2H3. The van der Waals surface area contributed by atoms with Crippen molar-refractivity contribution in [3.63, 3.8) is 0 Å². The first-order chi connectivity index (χ1) is 7.31. The second-order valence-electron chi connectivity index (χ2n) is 2.57. The van der Waals surface area contributed by atoms with Crippen molar-refractivity contribution < 1.29 is 5.11 Å². The molecule has 0 aromatic rings. The normalized spacial score (nSPS) is 9.40. The van der Waals surface area contributed by atoms with Gasteiger partial charge in [-0.05, 0) is 25.3 Å². The maximum absolute atomic E-state index is 8.60. The van der Waals surface area contributed by atoms with Gasteiger partial charge in [-0.15, -0.1) is 0 Å². The van der Waals surface area contributed by atoms with Crippen molar-refractivity contribution in [2.75, 3.05) is 13.2 Å². The Bertz CT molecular complexity index is 58.5. The van der Waals surface area contributed by atoms with Gasteiger partial charge in [0.15, 0.2) is 0 Å². The molecule has 1 atom stereocenters. The Morgan fingerprint density at radius 1 is 0.933 bits per heavy atom. The highest BCUT2D eigenvalue weighted by Crippen LogP contribution is 2.04. The quantitative estimate of drug-likeness (QED) is 0.693. The van der Waals surface area contributed by atoms with Crippen LogP contribution < -0.4 is 5.73 Å². The molecule has 0 spiro atoms. The Balaban J connectivity index is -0.0000000860. The number of hydrogen-bond donors (Lipinski definition) is 2. The van der Waals surface area contributed by atoms with Crippen molar-refractivity contribution in [1.82, 2.24) is 0 Å². The van der Waals surface area contributed by atoms with Crippen LogP contribution in [0.25, 0.3) is 0 Å². The fraction of sp³-hybridized carbons (Fsp3) is 1.00. The molecule has 1 unspecified atom stereocenters. The topological polar surface area (TPSA) is 46.2 Å². The first-order valence-corrected chi connectivity index (χ1v) is 6.62. The van der Waals surface area contributed by atoms with E-state index < -0.39 is 0 Å². The van der Waals surface area contributed by atoms with Gasteiger partial charge in [0, 0.05) is 6.61 Å². The van der Waals surface area contributed by atoms with E-state index in [9.17, 15) is 0 Å².